The van der Waals surface area contributed by atoms with Crippen molar-refractivity contribution in [3.05, 3.63) is 70.0 Å². The van der Waals surface area contributed by atoms with Gasteiger partial charge in [-0.1, -0.05) is 12.1 Å². The molecule has 0 spiro atoms. The van der Waals surface area contributed by atoms with Crippen LogP contribution in [0.4, 0.5) is 10.7 Å². The van der Waals surface area contributed by atoms with Crippen LogP contribution in [0.25, 0.3) is 0 Å². The molecular formula is C23H20N2O7S. The number of methoxy groups -OCH3 is 1. The Bertz CT molecular complexity index is 1210. The van der Waals surface area contributed by atoms with E-state index in [-0.39, 0.29) is 17.0 Å². The van der Waals surface area contributed by atoms with Crippen LogP contribution in [-0.4, -0.2) is 37.5 Å². The maximum absolute atomic E-state index is 12.6. The average molecular weight is 468 g/mol. The number of aryl methyl sites for hydroxylation is 1. The summed E-state index contributed by atoms with van der Waals surface area (Å²) in [6, 6.07) is 9.32. The van der Waals surface area contributed by atoms with Crippen molar-refractivity contribution in [1.29, 1.82) is 0 Å². The highest BCUT2D eigenvalue weighted by Gasteiger charge is 2.28. The number of ether oxygens (including phenoxy) is 2. The van der Waals surface area contributed by atoms with Crippen molar-refractivity contribution < 1.29 is 33.1 Å². The predicted molar refractivity (Wildman–Crippen MR) is 120 cm³/mol. The predicted octanol–water partition coefficient (Wildman–Crippen LogP) is 3.66. The van der Waals surface area contributed by atoms with E-state index in [0.29, 0.717) is 10.6 Å². The second-order valence-electron chi connectivity index (χ2n) is 7.15. The molecule has 3 aromatic rings. The third-order valence-electron chi connectivity index (χ3n) is 5.04. The van der Waals surface area contributed by atoms with Gasteiger partial charge in [0, 0.05) is 4.88 Å². The molecule has 0 saturated heterocycles. The van der Waals surface area contributed by atoms with Crippen LogP contribution in [0.3, 0.4) is 0 Å². The molecule has 2 N–H and O–H groups in total. The van der Waals surface area contributed by atoms with Gasteiger partial charge in [-0.15, -0.1) is 11.3 Å². The molecule has 10 heteroatoms. The fourth-order valence-corrected chi connectivity index (χ4v) is 4.84. The summed E-state index contributed by atoms with van der Waals surface area (Å²) in [4.78, 5) is 50.5. The van der Waals surface area contributed by atoms with E-state index in [4.69, 9.17) is 13.9 Å². The van der Waals surface area contributed by atoms with Crippen LogP contribution in [0.5, 0.6) is 0 Å². The third kappa shape index (κ3) is 4.80. The van der Waals surface area contributed by atoms with Crippen molar-refractivity contribution in [1.82, 2.24) is 0 Å². The van der Waals surface area contributed by atoms with Crippen molar-refractivity contribution >= 4 is 45.8 Å². The summed E-state index contributed by atoms with van der Waals surface area (Å²) in [5.41, 5.74) is 1.56. The number of benzene rings is 1. The Hall–Kier alpha value is -3.92. The van der Waals surface area contributed by atoms with E-state index in [1.54, 1.807) is 18.2 Å². The number of hydrogen-bond acceptors (Lipinski definition) is 8. The molecule has 170 valence electrons. The minimum absolute atomic E-state index is 0.0792. The first-order chi connectivity index (χ1) is 16.0. The zero-order valence-corrected chi connectivity index (χ0v) is 18.5. The van der Waals surface area contributed by atoms with Crippen LogP contribution in [0, 0.1) is 0 Å². The van der Waals surface area contributed by atoms with Gasteiger partial charge in [0.25, 0.3) is 11.8 Å². The lowest BCUT2D eigenvalue weighted by molar-refractivity contribution is -0.119. The minimum Gasteiger partial charge on any atom is -0.465 e. The van der Waals surface area contributed by atoms with Gasteiger partial charge in [0.15, 0.2) is 12.4 Å². The van der Waals surface area contributed by atoms with E-state index in [0.717, 1.165) is 29.7 Å². The molecule has 1 aliphatic rings. The summed E-state index contributed by atoms with van der Waals surface area (Å²) < 4.78 is 15.0. The van der Waals surface area contributed by atoms with Gasteiger partial charge in [-0.2, -0.15) is 0 Å². The Kier molecular flexibility index (Phi) is 6.55. The number of nitrogens with one attached hydrogen (secondary N) is 2. The summed E-state index contributed by atoms with van der Waals surface area (Å²) >= 11 is 1.33. The van der Waals surface area contributed by atoms with Crippen LogP contribution in [0.1, 0.15) is 48.1 Å². The topological polar surface area (TPSA) is 124 Å². The number of fused-ring (bicyclic) bond motifs is 1. The molecule has 0 atom stereocenters. The number of rotatable bonds is 7. The van der Waals surface area contributed by atoms with E-state index in [1.807, 2.05) is 0 Å². The largest absolute Gasteiger partial charge is 0.465 e. The number of carbonyl (C=O) groups excluding carboxylic acids is 4. The number of anilines is 2. The van der Waals surface area contributed by atoms with Crippen molar-refractivity contribution in [2.24, 2.45) is 0 Å². The Morgan fingerprint density at radius 1 is 1.03 bits per heavy atom. The number of carbonyl (C=O) groups is 4. The molecular weight excluding hydrogens is 448 g/mol. The number of para-hydroxylation sites is 1. The van der Waals surface area contributed by atoms with Gasteiger partial charge in [-0.3, -0.25) is 9.59 Å². The zero-order valence-electron chi connectivity index (χ0n) is 17.6. The van der Waals surface area contributed by atoms with E-state index >= 15 is 0 Å². The molecule has 0 saturated carbocycles. The molecule has 2 aromatic heterocycles. The van der Waals surface area contributed by atoms with E-state index in [2.05, 4.69) is 10.6 Å². The molecule has 0 radical (unpaired) electrons. The van der Waals surface area contributed by atoms with Gasteiger partial charge in [-0.25, -0.2) is 9.59 Å². The Morgan fingerprint density at radius 2 is 1.85 bits per heavy atom. The number of hydrogen-bond donors (Lipinski definition) is 2. The number of amides is 2. The van der Waals surface area contributed by atoms with Crippen LogP contribution >= 0.6 is 11.3 Å². The number of furan rings is 1. The van der Waals surface area contributed by atoms with E-state index in [9.17, 15) is 19.2 Å². The molecule has 2 amide bonds. The fraction of sp³-hybridized carbons (Fsp3) is 0.217. The van der Waals surface area contributed by atoms with Gasteiger partial charge < -0.3 is 24.5 Å². The van der Waals surface area contributed by atoms with Gasteiger partial charge in [-0.05, 0) is 49.1 Å². The van der Waals surface area contributed by atoms with Crippen LogP contribution in [0.2, 0.25) is 0 Å². The number of thiophene rings is 1. The first-order valence-corrected chi connectivity index (χ1v) is 10.9. The Balaban J connectivity index is 1.41. The Morgan fingerprint density at radius 3 is 2.61 bits per heavy atom. The maximum Gasteiger partial charge on any atom is 0.341 e. The SMILES string of the molecule is COC(=O)c1c(NC(=O)COC(=O)c2ccccc2NC(=O)c2ccco2)sc2c1CCC2. The summed E-state index contributed by atoms with van der Waals surface area (Å²) in [5, 5.41) is 5.62. The fourth-order valence-electron chi connectivity index (χ4n) is 3.54. The van der Waals surface area contributed by atoms with Crippen LogP contribution in [0.15, 0.2) is 47.1 Å². The van der Waals surface area contributed by atoms with Crippen molar-refractivity contribution in [3.63, 3.8) is 0 Å². The molecule has 0 unspecified atom stereocenters. The van der Waals surface area contributed by atoms with Gasteiger partial charge in [0.05, 0.1) is 30.2 Å². The van der Waals surface area contributed by atoms with Crippen molar-refractivity contribution in [2.75, 3.05) is 24.4 Å². The summed E-state index contributed by atoms with van der Waals surface area (Å²) in [7, 11) is 1.29. The Labute approximate surface area is 192 Å². The molecule has 2 heterocycles. The lowest BCUT2D eigenvalue weighted by Crippen LogP contribution is -2.22. The smallest absolute Gasteiger partial charge is 0.341 e. The molecule has 33 heavy (non-hydrogen) atoms. The van der Waals surface area contributed by atoms with Gasteiger partial charge >= 0.3 is 11.9 Å². The molecule has 0 aliphatic heterocycles. The van der Waals surface area contributed by atoms with Gasteiger partial charge in [0.1, 0.15) is 5.00 Å². The molecule has 0 fully saturated rings. The van der Waals surface area contributed by atoms with Gasteiger partial charge in [0.2, 0.25) is 0 Å². The first-order valence-electron chi connectivity index (χ1n) is 10.1. The molecule has 1 aromatic carbocycles. The number of esters is 2. The highest BCUT2D eigenvalue weighted by Crippen LogP contribution is 2.39. The molecule has 0 bridgehead atoms. The van der Waals surface area contributed by atoms with E-state index < -0.39 is 30.4 Å². The molecule has 4 rings (SSSR count). The molecule has 9 nitrogen and oxygen atoms in total. The minimum atomic E-state index is -0.789. The normalized spacial score (nSPS) is 12.0. The average Bonchev–Trinajstić information content (AvgIpc) is 3.55. The highest BCUT2D eigenvalue weighted by atomic mass is 32.1. The maximum atomic E-state index is 12.6. The third-order valence-corrected chi connectivity index (χ3v) is 6.25. The zero-order chi connectivity index (χ0) is 23.4. The second kappa shape index (κ2) is 9.70. The second-order valence-corrected chi connectivity index (χ2v) is 8.26. The summed E-state index contributed by atoms with van der Waals surface area (Å²) in [6.07, 6.45) is 3.91. The summed E-state index contributed by atoms with van der Waals surface area (Å²) in [6.45, 7) is -0.567. The van der Waals surface area contributed by atoms with Crippen LogP contribution in [-0.2, 0) is 27.1 Å². The summed E-state index contributed by atoms with van der Waals surface area (Å²) in [5.74, 6) is -2.34. The first kappa shape index (κ1) is 22.3. The van der Waals surface area contributed by atoms with Crippen LogP contribution < -0.4 is 10.6 Å². The lowest BCUT2D eigenvalue weighted by atomic mass is 10.1. The quantitative estimate of drug-likeness (QED) is 0.507. The van der Waals surface area contributed by atoms with Crippen molar-refractivity contribution in [3.8, 4) is 0 Å². The van der Waals surface area contributed by atoms with E-state index in [1.165, 1.54) is 42.9 Å². The standard InChI is InChI=1S/C23H20N2O7S/c1-30-23(29)19-14-7-4-10-17(14)33-21(19)25-18(26)12-32-22(28)13-6-2-3-8-15(13)24-20(27)16-9-5-11-31-16/h2-3,5-6,8-9,11H,4,7,10,12H2,1H3,(H,24,27)(H,25,26). The molecule has 1 aliphatic carbocycles. The highest BCUT2D eigenvalue weighted by molar-refractivity contribution is 7.17. The lowest BCUT2D eigenvalue weighted by Gasteiger charge is -2.11. The monoisotopic (exact) mass is 468 g/mol. The van der Waals surface area contributed by atoms with Crippen molar-refractivity contribution in [2.45, 2.75) is 19.3 Å².